The van der Waals surface area contributed by atoms with E-state index in [1.807, 2.05) is 0 Å². The second kappa shape index (κ2) is 8.49. The normalized spacial score (nSPS) is 13.5. The largest absolute Gasteiger partial charge is 0.0617 e. The predicted octanol–water partition coefficient (Wildman–Crippen LogP) is 6.76. The van der Waals surface area contributed by atoms with E-state index in [-0.39, 0.29) is 0 Å². The van der Waals surface area contributed by atoms with Crippen LogP contribution in [0.15, 0.2) is 66.7 Å². The van der Waals surface area contributed by atoms with Crippen molar-refractivity contribution in [2.45, 2.75) is 51.9 Å². The Balaban J connectivity index is 1.54. The van der Waals surface area contributed by atoms with Gasteiger partial charge in [0.05, 0.1) is 0 Å². The molecule has 140 valence electrons. The van der Waals surface area contributed by atoms with E-state index in [0.717, 1.165) is 29.9 Å². The van der Waals surface area contributed by atoms with E-state index in [0.29, 0.717) is 0 Å². The van der Waals surface area contributed by atoms with Gasteiger partial charge in [-0.05, 0) is 86.4 Å². The maximum atomic E-state index is 3.38. The van der Waals surface area contributed by atoms with Crippen molar-refractivity contribution in [2.75, 3.05) is 0 Å². The van der Waals surface area contributed by atoms with Crippen molar-refractivity contribution in [3.8, 4) is 11.8 Å². The van der Waals surface area contributed by atoms with E-state index in [1.54, 1.807) is 0 Å². The van der Waals surface area contributed by atoms with Gasteiger partial charge in [0.2, 0.25) is 0 Å². The lowest BCUT2D eigenvalue weighted by molar-refractivity contribution is 0.417. The van der Waals surface area contributed by atoms with Crippen LogP contribution in [0.1, 0.15) is 64.1 Å². The SMILES string of the molecule is Cc1ccc(C#Cc2ccc(CCc3ccc(C)cc3)c(C3CCC3)c2)cc1. The smallest absolute Gasteiger partial charge is 0.0252 e. The Hall–Kier alpha value is -2.78. The molecule has 3 aromatic rings. The lowest BCUT2D eigenvalue weighted by Gasteiger charge is -2.28. The summed E-state index contributed by atoms with van der Waals surface area (Å²) in [5.41, 5.74) is 9.29. The number of benzene rings is 3. The molecule has 0 amide bonds. The standard InChI is InChI=1S/C28H28/c1-21-6-10-23(11-7-21)14-15-25-17-19-27(28(20-25)26-4-3-5-26)18-16-24-12-8-22(2)9-13-24/h6-13,17,19-20,26H,3-5,16,18H2,1-2H3. The third-order valence-electron chi connectivity index (χ3n) is 5.90. The summed E-state index contributed by atoms with van der Waals surface area (Å²) < 4.78 is 0. The Kier molecular flexibility index (Phi) is 5.63. The average Bonchev–Trinajstić information content (AvgIpc) is 2.67. The van der Waals surface area contributed by atoms with Crippen LogP contribution in [0.5, 0.6) is 0 Å². The molecule has 4 rings (SSSR count). The topological polar surface area (TPSA) is 0 Å². The van der Waals surface area contributed by atoms with Crippen molar-refractivity contribution in [2.24, 2.45) is 0 Å². The van der Waals surface area contributed by atoms with Crippen LogP contribution in [-0.4, -0.2) is 0 Å². The highest BCUT2D eigenvalue weighted by Gasteiger charge is 2.22. The minimum atomic E-state index is 0.731. The van der Waals surface area contributed by atoms with Crippen molar-refractivity contribution >= 4 is 0 Å². The number of rotatable bonds is 4. The molecule has 0 heterocycles. The zero-order chi connectivity index (χ0) is 19.3. The maximum Gasteiger partial charge on any atom is 0.0252 e. The van der Waals surface area contributed by atoms with Crippen LogP contribution in [0.4, 0.5) is 0 Å². The summed E-state index contributed by atoms with van der Waals surface area (Å²) >= 11 is 0. The number of hydrogen-bond acceptors (Lipinski definition) is 0. The first kappa shape index (κ1) is 18.6. The average molecular weight is 365 g/mol. The van der Waals surface area contributed by atoms with Gasteiger partial charge in [-0.3, -0.25) is 0 Å². The van der Waals surface area contributed by atoms with E-state index in [4.69, 9.17) is 0 Å². The van der Waals surface area contributed by atoms with Gasteiger partial charge in [0.1, 0.15) is 0 Å². The first-order chi connectivity index (χ1) is 13.7. The lowest BCUT2D eigenvalue weighted by Crippen LogP contribution is -2.12. The molecule has 3 aromatic carbocycles. The molecule has 0 radical (unpaired) electrons. The molecule has 0 unspecified atom stereocenters. The Labute approximate surface area is 169 Å². The molecule has 0 heteroatoms. The minimum absolute atomic E-state index is 0.731. The van der Waals surface area contributed by atoms with E-state index < -0.39 is 0 Å². The highest BCUT2D eigenvalue weighted by Crippen LogP contribution is 2.38. The zero-order valence-electron chi connectivity index (χ0n) is 17.0. The fraction of sp³-hybridized carbons (Fsp3) is 0.286. The van der Waals surface area contributed by atoms with Crippen LogP contribution < -0.4 is 0 Å². The third-order valence-corrected chi connectivity index (χ3v) is 5.90. The molecule has 0 aliphatic heterocycles. The predicted molar refractivity (Wildman–Crippen MR) is 119 cm³/mol. The number of aryl methyl sites for hydroxylation is 4. The first-order valence-corrected chi connectivity index (χ1v) is 10.4. The van der Waals surface area contributed by atoms with Crippen LogP contribution in [0.25, 0.3) is 0 Å². The molecule has 1 aliphatic carbocycles. The summed E-state index contributed by atoms with van der Waals surface area (Å²) in [6, 6.07) is 24.3. The second-order valence-corrected chi connectivity index (χ2v) is 8.14. The summed E-state index contributed by atoms with van der Waals surface area (Å²) in [4.78, 5) is 0. The van der Waals surface area contributed by atoms with Gasteiger partial charge in [0, 0.05) is 11.1 Å². The van der Waals surface area contributed by atoms with E-state index in [1.165, 1.54) is 47.1 Å². The highest BCUT2D eigenvalue weighted by molar-refractivity contribution is 5.47. The quantitative estimate of drug-likeness (QED) is 0.449. The molecular formula is C28H28. The van der Waals surface area contributed by atoms with Gasteiger partial charge in [-0.1, -0.05) is 71.9 Å². The van der Waals surface area contributed by atoms with Crippen LogP contribution in [-0.2, 0) is 12.8 Å². The van der Waals surface area contributed by atoms with E-state index in [2.05, 4.69) is 92.4 Å². The Morgan fingerprint density at radius 2 is 1.32 bits per heavy atom. The Morgan fingerprint density at radius 1 is 0.714 bits per heavy atom. The molecule has 1 saturated carbocycles. The van der Waals surface area contributed by atoms with Crippen molar-refractivity contribution in [3.63, 3.8) is 0 Å². The first-order valence-electron chi connectivity index (χ1n) is 10.4. The van der Waals surface area contributed by atoms with Crippen LogP contribution in [0.2, 0.25) is 0 Å². The molecule has 0 atom stereocenters. The van der Waals surface area contributed by atoms with Gasteiger partial charge >= 0.3 is 0 Å². The van der Waals surface area contributed by atoms with Gasteiger partial charge in [0.15, 0.2) is 0 Å². The molecule has 0 bridgehead atoms. The van der Waals surface area contributed by atoms with Gasteiger partial charge < -0.3 is 0 Å². The molecule has 28 heavy (non-hydrogen) atoms. The Bertz CT molecular complexity index is 991. The minimum Gasteiger partial charge on any atom is -0.0617 e. The Morgan fingerprint density at radius 3 is 1.96 bits per heavy atom. The van der Waals surface area contributed by atoms with Crippen molar-refractivity contribution in [1.82, 2.24) is 0 Å². The van der Waals surface area contributed by atoms with Crippen molar-refractivity contribution < 1.29 is 0 Å². The fourth-order valence-corrected chi connectivity index (χ4v) is 3.81. The summed E-state index contributed by atoms with van der Waals surface area (Å²) in [6.45, 7) is 4.26. The summed E-state index contributed by atoms with van der Waals surface area (Å²) in [7, 11) is 0. The monoisotopic (exact) mass is 364 g/mol. The third kappa shape index (κ3) is 4.55. The molecule has 0 saturated heterocycles. The van der Waals surface area contributed by atoms with Gasteiger partial charge in [0.25, 0.3) is 0 Å². The summed E-state index contributed by atoms with van der Waals surface area (Å²) in [5, 5.41) is 0. The molecule has 1 aliphatic rings. The lowest BCUT2D eigenvalue weighted by atomic mass is 9.77. The highest BCUT2D eigenvalue weighted by atomic mass is 14.3. The molecular weight excluding hydrogens is 336 g/mol. The van der Waals surface area contributed by atoms with E-state index >= 15 is 0 Å². The van der Waals surface area contributed by atoms with Crippen molar-refractivity contribution in [3.05, 3.63) is 106 Å². The summed E-state index contributed by atoms with van der Waals surface area (Å²) in [5.74, 6) is 7.43. The second-order valence-electron chi connectivity index (χ2n) is 8.14. The summed E-state index contributed by atoms with van der Waals surface area (Å²) in [6.07, 6.45) is 6.23. The van der Waals surface area contributed by atoms with Gasteiger partial charge in [-0.15, -0.1) is 0 Å². The van der Waals surface area contributed by atoms with Crippen LogP contribution in [0.3, 0.4) is 0 Å². The molecule has 1 fully saturated rings. The van der Waals surface area contributed by atoms with Crippen molar-refractivity contribution in [1.29, 1.82) is 0 Å². The van der Waals surface area contributed by atoms with Gasteiger partial charge in [-0.2, -0.15) is 0 Å². The van der Waals surface area contributed by atoms with E-state index in [9.17, 15) is 0 Å². The molecule has 0 aromatic heterocycles. The van der Waals surface area contributed by atoms with Crippen LogP contribution in [0, 0.1) is 25.7 Å². The maximum absolute atomic E-state index is 3.38. The zero-order valence-corrected chi connectivity index (χ0v) is 17.0. The fourth-order valence-electron chi connectivity index (χ4n) is 3.81. The van der Waals surface area contributed by atoms with Crippen LogP contribution >= 0.6 is 0 Å². The molecule has 0 spiro atoms. The van der Waals surface area contributed by atoms with Gasteiger partial charge in [-0.25, -0.2) is 0 Å². The molecule has 0 N–H and O–H groups in total. The number of hydrogen-bond donors (Lipinski definition) is 0. The molecule has 0 nitrogen and oxygen atoms in total.